The molecule has 2 rings (SSSR count). The van der Waals surface area contributed by atoms with Gasteiger partial charge in [0.05, 0.1) is 5.02 Å². The number of nitrogens with one attached hydrogen (secondary N) is 1. The van der Waals surface area contributed by atoms with E-state index in [1.54, 1.807) is 11.3 Å². The Kier molecular flexibility index (Phi) is 3.35. The zero-order valence-corrected chi connectivity index (χ0v) is 12.9. The van der Waals surface area contributed by atoms with E-state index in [1.165, 1.54) is 4.88 Å². The van der Waals surface area contributed by atoms with Gasteiger partial charge in [-0.05, 0) is 44.7 Å². The van der Waals surface area contributed by atoms with Gasteiger partial charge in [-0.25, -0.2) is 0 Å². The molecule has 1 heterocycles. The van der Waals surface area contributed by atoms with Gasteiger partial charge in [0, 0.05) is 21.7 Å². The van der Waals surface area contributed by atoms with Gasteiger partial charge in [-0.15, -0.1) is 11.3 Å². The third-order valence-corrected chi connectivity index (χ3v) is 5.16. The fraction of sp³-hybridized carbons (Fsp3) is 0.714. The van der Waals surface area contributed by atoms with Crippen LogP contribution in [-0.4, -0.2) is 12.1 Å². The Morgan fingerprint density at radius 2 is 2.06 bits per heavy atom. The molecule has 1 aliphatic carbocycles. The average molecular weight is 272 g/mol. The van der Waals surface area contributed by atoms with Gasteiger partial charge >= 0.3 is 0 Å². The van der Waals surface area contributed by atoms with E-state index in [4.69, 9.17) is 11.6 Å². The van der Waals surface area contributed by atoms with Gasteiger partial charge in [0.2, 0.25) is 0 Å². The van der Waals surface area contributed by atoms with Gasteiger partial charge in [-0.2, -0.15) is 0 Å². The van der Waals surface area contributed by atoms with Gasteiger partial charge < -0.3 is 5.32 Å². The second-order valence-corrected chi connectivity index (χ2v) is 8.08. The molecule has 2 unspecified atom stereocenters. The van der Waals surface area contributed by atoms with E-state index in [-0.39, 0.29) is 5.54 Å². The standard InChI is InChI=1S/C14H22ClNS/c1-13(2,3)16-7-10-12(14(10,4)5)11-6-9(15)8-17-11/h6,8,10,12,16H,7H2,1-5H3. The fourth-order valence-electron chi connectivity index (χ4n) is 2.60. The molecule has 0 bridgehead atoms. The van der Waals surface area contributed by atoms with Crippen LogP contribution in [-0.2, 0) is 0 Å². The van der Waals surface area contributed by atoms with Crippen molar-refractivity contribution in [1.29, 1.82) is 0 Å². The Hall–Kier alpha value is -0.0500. The molecular formula is C14H22ClNS. The lowest BCUT2D eigenvalue weighted by Gasteiger charge is -2.21. The summed E-state index contributed by atoms with van der Waals surface area (Å²) >= 11 is 7.82. The lowest BCUT2D eigenvalue weighted by molar-refractivity contribution is 0.396. The van der Waals surface area contributed by atoms with Crippen LogP contribution in [0.4, 0.5) is 0 Å². The fourth-order valence-corrected chi connectivity index (χ4v) is 4.04. The predicted octanol–water partition coefficient (Wildman–Crippen LogP) is 4.53. The summed E-state index contributed by atoms with van der Waals surface area (Å²) in [6.45, 7) is 12.5. The van der Waals surface area contributed by atoms with Crippen LogP contribution in [0.2, 0.25) is 5.02 Å². The number of hydrogen-bond acceptors (Lipinski definition) is 2. The molecule has 1 saturated carbocycles. The molecule has 1 aromatic rings. The lowest BCUT2D eigenvalue weighted by Crippen LogP contribution is -2.37. The first kappa shape index (κ1) is 13.4. The van der Waals surface area contributed by atoms with Crippen molar-refractivity contribution < 1.29 is 0 Å². The van der Waals surface area contributed by atoms with Crippen molar-refractivity contribution in [2.75, 3.05) is 6.54 Å². The van der Waals surface area contributed by atoms with E-state index < -0.39 is 0 Å². The van der Waals surface area contributed by atoms with Crippen molar-refractivity contribution in [3.63, 3.8) is 0 Å². The van der Waals surface area contributed by atoms with E-state index in [0.717, 1.165) is 17.5 Å². The quantitative estimate of drug-likeness (QED) is 0.852. The maximum atomic E-state index is 6.02. The van der Waals surface area contributed by atoms with Crippen molar-refractivity contribution in [3.05, 3.63) is 21.3 Å². The molecule has 3 heteroatoms. The van der Waals surface area contributed by atoms with Crippen molar-refractivity contribution in [2.45, 2.75) is 46.1 Å². The predicted molar refractivity (Wildman–Crippen MR) is 77.1 cm³/mol. The monoisotopic (exact) mass is 271 g/mol. The maximum absolute atomic E-state index is 6.02. The Bertz CT molecular complexity index is 403. The molecule has 17 heavy (non-hydrogen) atoms. The van der Waals surface area contributed by atoms with Crippen LogP contribution in [0.3, 0.4) is 0 Å². The summed E-state index contributed by atoms with van der Waals surface area (Å²) in [6.07, 6.45) is 0. The lowest BCUT2D eigenvalue weighted by atomic mass is 10.1. The highest BCUT2D eigenvalue weighted by atomic mass is 35.5. The van der Waals surface area contributed by atoms with Gasteiger partial charge in [-0.1, -0.05) is 25.4 Å². The number of halogens is 1. The molecule has 1 aromatic heterocycles. The Morgan fingerprint density at radius 1 is 1.41 bits per heavy atom. The molecular weight excluding hydrogens is 250 g/mol. The van der Waals surface area contributed by atoms with Crippen LogP contribution in [0.5, 0.6) is 0 Å². The summed E-state index contributed by atoms with van der Waals surface area (Å²) in [5.41, 5.74) is 0.614. The molecule has 2 atom stereocenters. The second kappa shape index (κ2) is 4.25. The SMILES string of the molecule is CC(C)(C)NCC1C(c2cc(Cl)cs2)C1(C)C. The highest BCUT2D eigenvalue weighted by Gasteiger charge is 2.58. The van der Waals surface area contributed by atoms with Crippen molar-refractivity contribution in [1.82, 2.24) is 5.32 Å². The molecule has 96 valence electrons. The molecule has 0 amide bonds. The molecule has 0 saturated heterocycles. The van der Waals surface area contributed by atoms with Crippen LogP contribution in [0.25, 0.3) is 0 Å². The smallest absolute Gasteiger partial charge is 0.0515 e. The zero-order chi connectivity index (χ0) is 12.8. The second-order valence-electron chi connectivity index (χ2n) is 6.70. The van der Waals surface area contributed by atoms with Crippen LogP contribution in [0.15, 0.2) is 11.4 Å². The normalized spacial score (nSPS) is 27.2. The molecule has 1 nitrogen and oxygen atoms in total. The van der Waals surface area contributed by atoms with E-state index in [0.29, 0.717) is 11.3 Å². The minimum absolute atomic E-state index is 0.205. The Labute approximate surface area is 114 Å². The first-order valence-corrected chi connectivity index (χ1v) is 7.46. The topological polar surface area (TPSA) is 12.0 Å². The minimum atomic E-state index is 0.205. The van der Waals surface area contributed by atoms with Crippen molar-refractivity contribution in [2.24, 2.45) is 11.3 Å². The molecule has 1 aliphatic rings. The number of thiophene rings is 1. The first-order chi connectivity index (χ1) is 7.72. The summed E-state index contributed by atoms with van der Waals surface area (Å²) in [5.74, 6) is 1.41. The largest absolute Gasteiger partial charge is 0.312 e. The molecule has 0 aliphatic heterocycles. The third-order valence-electron chi connectivity index (χ3n) is 3.80. The van der Waals surface area contributed by atoms with Gasteiger partial charge in [0.25, 0.3) is 0 Å². The Morgan fingerprint density at radius 3 is 2.53 bits per heavy atom. The summed E-state index contributed by atoms with van der Waals surface area (Å²) in [5, 5.41) is 6.54. The van der Waals surface area contributed by atoms with Crippen LogP contribution in [0.1, 0.15) is 45.4 Å². The summed E-state index contributed by atoms with van der Waals surface area (Å²) in [7, 11) is 0. The van der Waals surface area contributed by atoms with E-state index in [1.807, 2.05) is 5.38 Å². The highest BCUT2D eigenvalue weighted by Crippen LogP contribution is 2.65. The summed E-state index contributed by atoms with van der Waals surface area (Å²) in [6, 6.07) is 2.13. The summed E-state index contributed by atoms with van der Waals surface area (Å²) in [4.78, 5) is 1.45. The molecule has 1 fully saturated rings. The third kappa shape index (κ3) is 2.86. The first-order valence-electron chi connectivity index (χ1n) is 6.21. The average Bonchev–Trinajstić information content (AvgIpc) is 2.52. The van der Waals surface area contributed by atoms with E-state index in [9.17, 15) is 0 Å². The van der Waals surface area contributed by atoms with E-state index >= 15 is 0 Å². The number of rotatable bonds is 3. The zero-order valence-electron chi connectivity index (χ0n) is 11.3. The van der Waals surface area contributed by atoms with Crippen molar-refractivity contribution in [3.8, 4) is 0 Å². The van der Waals surface area contributed by atoms with E-state index in [2.05, 4.69) is 46.0 Å². The molecule has 0 aromatic carbocycles. The van der Waals surface area contributed by atoms with Gasteiger partial charge in [0.15, 0.2) is 0 Å². The van der Waals surface area contributed by atoms with Crippen LogP contribution in [0, 0.1) is 11.3 Å². The van der Waals surface area contributed by atoms with Crippen LogP contribution >= 0.6 is 22.9 Å². The Balaban J connectivity index is 2.01. The number of hydrogen-bond donors (Lipinski definition) is 1. The maximum Gasteiger partial charge on any atom is 0.0515 e. The van der Waals surface area contributed by atoms with Gasteiger partial charge in [-0.3, -0.25) is 0 Å². The van der Waals surface area contributed by atoms with Gasteiger partial charge in [0.1, 0.15) is 0 Å². The summed E-state index contributed by atoms with van der Waals surface area (Å²) < 4.78 is 0. The molecule has 1 N–H and O–H groups in total. The van der Waals surface area contributed by atoms with Crippen molar-refractivity contribution >= 4 is 22.9 Å². The molecule has 0 radical (unpaired) electrons. The minimum Gasteiger partial charge on any atom is -0.312 e. The van der Waals surface area contributed by atoms with Crippen LogP contribution < -0.4 is 5.32 Å². The molecule has 0 spiro atoms. The highest BCUT2D eigenvalue weighted by molar-refractivity contribution is 7.10.